The molecule has 3 aliphatic heterocycles. The fourth-order valence-corrected chi connectivity index (χ4v) is 4.20. The van der Waals surface area contributed by atoms with Gasteiger partial charge in [0.1, 0.15) is 0 Å². The van der Waals surface area contributed by atoms with Crippen molar-refractivity contribution >= 4 is 24.0 Å². The van der Waals surface area contributed by atoms with Gasteiger partial charge < -0.3 is 24.9 Å². The highest BCUT2D eigenvalue weighted by atomic mass is 16.2. The van der Waals surface area contributed by atoms with Crippen LogP contribution in [0.5, 0.6) is 0 Å². The average Bonchev–Trinajstić information content (AvgIpc) is 2.73. The van der Waals surface area contributed by atoms with Crippen molar-refractivity contribution in [2.24, 2.45) is 0 Å². The Balaban J connectivity index is 1.45. The van der Waals surface area contributed by atoms with Crippen LogP contribution >= 0.6 is 0 Å². The fraction of sp³-hybridized carbons (Fsp3) is 0.550. The quantitative estimate of drug-likeness (QED) is 0.789. The lowest BCUT2D eigenvalue weighted by molar-refractivity contribution is -0.119. The molecular formula is C20H27N5O3. The van der Waals surface area contributed by atoms with E-state index < -0.39 is 0 Å². The molecule has 0 saturated carbocycles. The molecule has 2 saturated heterocycles. The van der Waals surface area contributed by atoms with Crippen molar-refractivity contribution in [1.29, 1.82) is 0 Å². The highest BCUT2D eigenvalue weighted by Gasteiger charge is 2.32. The number of piperidine rings is 1. The molecule has 0 atom stereocenters. The molecule has 3 aliphatic rings. The average molecular weight is 385 g/mol. The molecule has 4 rings (SSSR count). The Bertz CT molecular complexity index is 767. The van der Waals surface area contributed by atoms with Gasteiger partial charge in [0, 0.05) is 63.1 Å². The molecule has 1 aromatic rings. The number of hydrogen-bond donors (Lipinski definition) is 1. The first-order valence-corrected chi connectivity index (χ1v) is 9.93. The van der Waals surface area contributed by atoms with Crippen LogP contribution in [0.15, 0.2) is 18.2 Å². The highest BCUT2D eigenvalue weighted by Crippen LogP contribution is 2.29. The van der Waals surface area contributed by atoms with Gasteiger partial charge in [0.05, 0.1) is 0 Å². The van der Waals surface area contributed by atoms with Crippen molar-refractivity contribution in [2.75, 3.05) is 51.6 Å². The molecule has 3 heterocycles. The standard InChI is InChI=1S/C20H27N5O3/c1-22-8-10-24(11-9-22)19(27)15-2-3-16-13-25(20(28)21-18(16)12-15)17-4-6-23(14-26)7-5-17/h2-3,12,14,17H,4-11,13H2,1H3,(H,21,28). The summed E-state index contributed by atoms with van der Waals surface area (Å²) >= 11 is 0. The smallest absolute Gasteiger partial charge is 0.322 e. The van der Waals surface area contributed by atoms with Crippen molar-refractivity contribution < 1.29 is 14.4 Å². The van der Waals surface area contributed by atoms with Crippen LogP contribution in [0.25, 0.3) is 0 Å². The van der Waals surface area contributed by atoms with E-state index in [1.807, 2.05) is 21.9 Å². The number of carbonyl (C=O) groups is 3. The summed E-state index contributed by atoms with van der Waals surface area (Å²) in [6, 6.07) is 5.63. The Morgan fingerprint density at radius 2 is 1.82 bits per heavy atom. The first-order valence-electron chi connectivity index (χ1n) is 9.93. The summed E-state index contributed by atoms with van der Waals surface area (Å²) in [6.07, 6.45) is 2.46. The van der Waals surface area contributed by atoms with Gasteiger partial charge >= 0.3 is 6.03 Å². The third kappa shape index (κ3) is 3.69. The van der Waals surface area contributed by atoms with Gasteiger partial charge in [-0.1, -0.05) is 6.07 Å². The number of rotatable bonds is 3. The summed E-state index contributed by atoms with van der Waals surface area (Å²) < 4.78 is 0. The number of anilines is 1. The van der Waals surface area contributed by atoms with Crippen molar-refractivity contribution in [2.45, 2.75) is 25.4 Å². The van der Waals surface area contributed by atoms with Gasteiger partial charge in [-0.05, 0) is 37.6 Å². The number of benzene rings is 1. The van der Waals surface area contributed by atoms with Crippen LogP contribution in [0.3, 0.4) is 0 Å². The molecule has 1 aromatic carbocycles. The molecule has 1 N–H and O–H groups in total. The van der Waals surface area contributed by atoms with Crippen LogP contribution in [-0.2, 0) is 11.3 Å². The Morgan fingerprint density at radius 3 is 2.50 bits per heavy atom. The first kappa shape index (κ1) is 18.7. The summed E-state index contributed by atoms with van der Waals surface area (Å²) in [7, 11) is 2.06. The first-order chi connectivity index (χ1) is 13.5. The predicted molar refractivity (Wildman–Crippen MR) is 105 cm³/mol. The van der Waals surface area contributed by atoms with E-state index >= 15 is 0 Å². The number of carbonyl (C=O) groups excluding carboxylic acids is 3. The Labute approximate surface area is 165 Å². The van der Waals surface area contributed by atoms with E-state index in [1.54, 1.807) is 11.0 Å². The number of likely N-dealkylation sites (N-methyl/N-ethyl adjacent to an activating group) is 1. The van der Waals surface area contributed by atoms with Gasteiger partial charge in [-0.2, -0.15) is 0 Å². The summed E-state index contributed by atoms with van der Waals surface area (Å²) in [5.41, 5.74) is 2.37. The number of nitrogens with one attached hydrogen (secondary N) is 1. The summed E-state index contributed by atoms with van der Waals surface area (Å²) in [4.78, 5) is 44.0. The summed E-state index contributed by atoms with van der Waals surface area (Å²) in [5, 5.41) is 2.96. The van der Waals surface area contributed by atoms with E-state index in [0.29, 0.717) is 25.2 Å². The van der Waals surface area contributed by atoms with Crippen molar-refractivity contribution in [1.82, 2.24) is 19.6 Å². The molecule has 150 valence electrons. The van der Waals surface area contributed by atoms with Crippen LogP contribution in [-0.4, -0.2) is 90.3 Å². The van der Waals surface area contributed by atoms with Crippen LogP contribution in [0, 0.1) is 0 Å². The fourth-order valence-electron chi connectivity index (χ4n) is 4.20. The lowest BCUT2D eigenvalue weighted by Gasteiger charge is -2.40. The molecule has 0 aromatic heterocycles. The zero-order valence-electron chi connectivity index (χ0n) is 16.3. The number of nitrogens with zero attached hydrogens (tertiary/aromatic N) is 4. The lowest BCUT2D eigenvalue weighted by atomic mass is 10.00. The zero-order chi connectivity index (χ0) is 19.7. The highest BCUT2D eigenvalue weighted by molar-refractivity contribution is 5.98. The molecular weight excluding hydrogens is 358 g/mol. The number of fused-ring (bicyclic) bond motifs is 1. The van der Waals surface area contributed by atoms with Gasteiger partial charge in [-0.15, -0.1) is 0 Å². The van der Waals surface area contributed by atoms with E-state index in [-0.39, 0.29) is 18.0 Å². The second-order valence-corrected chi connectivity index (χ2v) is 7.90. The van der Waals surface area contributed by atoms with E-state index in [9.17, 15) is 14.4 Å². The second-order valence-electron chi connectivity index (χ2n) is 7.90. The number of likely N-dealkylation sites (tertiary alicyclic amines) is 1. The maximum absolute atomic E-state index is 12.8. The van der Waals surface area contributed by atoms with E-state index in [2.05, 4.69) is 17.3 Å². The van der Waals surface area contributed by atoms with Gasteiger partial charge in [-0.25, -0.2) is 4.79 Å². The molecule has 8 heteroatoms. The Hall–Kier alpha value is -2.61. The third-order valence-electron chi connectivity index (χ3n) is 6.08. The Kier molecular flexibility index (Phi) is 5.21. The molecule has 0 aliphatic carbocycles. The summed E-state index contributed by atoms with van der Waals surface area (Å²) in [6.45, 7) is 5.12. The van der Waals surface area contributed by atoms with E-state index in [1.165, 1.54) is 0 Å². The molecule has 0 unspecified atom stereocenters. The van der Waals surface area contributed by atoms with Gasteiger partial charge in [0.25, 0.3) is 5.91 Å². The van der Waals surface area contributed by atoms with Gasteiger partial charge in [-0.3, -0.25) is 9.59 Å². The van der Waals surface area contributed by atoms with Gasteiger partial charge in [0.15, 0.2) is 0 Å². The van der Waals surface area contributed by atoms with E-state index in [0.717, 1.165) is 56.7 Å². The molecule has 2 fully saturated rings. The van der Waals surface area contributed by atoms with Crippen LogP contribution < -0.4 is 5.32 Å². The number of hydrogen-bond acceptors (Lipinski definition) is 4. The monoisotopic (exact) mass is 385 g/mol. The minimum Gasteiger partial charge on any atom is -0.345 e. The largest absolute Gasteiger partial charge is 0.345 e. The molecule has 0 spiro atoms. The Morgan fingerprint density at radius 1 is 1.11 bits per heavy atom. The minimum atomic E-state index is -0.124. The predicted octanol–water partition coefficient (Wildman–Crippen LogP) is 1.04. The maximum atomic E-state index is 12.8. The van der Waals surface area contributed by atoms with Gasteiger partial charge in [0.2, 0.25) is 6.41 Å². The number of urea groups is 1. The maximum Gasteiger partial charge on any atom is 0.322 e. The second kappa shape index (κ2) is 7.79. The normalized spacial score (nSPS) is 21.3. The minimum absolute atomic E-state index is 0.0220. The molecule has 4 amide bonds. The SMILES string of the molecule is CN1CCN(C(=O)c2ccc3c(c2)NC(=O)N(C2CCN(C=O)CC2)C3)CC1. The van der Waals surface area contributed by atoms with Crippen LogP contribution in [0.2, 0.25) is 0 Å². The summed E-state index contributed by atoms with van der Waals surface area (Å²) in [5.74, 6) is 0.0220. The number of amides is 4. The topological polar surface area (TPSA) is 76.2 Å². The number of piperazine rings is 1. The van der Waals surface area contributed by atoms with Crippen molar-refractivity contribution in [3.8, 4) is 0 Å². The van der Waals surface area contributed by atoms with Crippen LogP contribution in [0.4, 0.5) is 10.5 Å². The van der Waals surface area contributed by atoms with E-state index in [4.69, 9.17) is 0 Å². The van der Waals surface area contributed by atoms with Crippen LogP contribution in [0.1, 0.15) is 28.8 Å². The molecule has 28 heavy (non-hydrogen) atoms. The lowest BCUT2D eigenvalue weighted by Crippen LogP contribution is -2.50. The third-order valence-corrected chi connectivity index (χ3v) is 6.08. The molecule has 0 radical (unpaired) electrons. The molecule has 0 bridgehead atoms. The van der Waals surface area contributed by atoms with Crippen molar-refractivity contribution in [3.05, 3.63) is 29.3 Å². The molecule has 8 nitrogen and oxygen atoms in total. The zero-order valence-corrected chi connectivity index (χ0v) is 16.3. The van der Waals surface area contributed by atoms with Crippen molar-refractivity contribution in [3.63, 3.8) is 0 Å².